The highest BCUT2D eigenvalue weighted by molar-refractivity contribution is 5.66. The maximum absolute atomic E-state index is 14.8. The Bertz CT molecular complexity index is 779. The number of hydrogen-bond acceptors (Lipinski definition) is 4. The molecule has 1 aliphatic rings. The highest BCUT2D eigenvalue weighted by Gasteiger charge is 2.23. The molecule has 4 nitrogen and oxygen atoms in total. The van der Waals surface area contributed by atoms with Gasteiger partial charge in [0.15, 0.2) is 0 Å². The molecule has 1 fully saturated rings. The lowest BCUT2D eigenvalue weighted by atomic mass is 9.96. The van der Waals surface area contributed by atoms with Crippen molar-refractivity contribution in [3.63, 3.8) is 0 Å². The molecule has 1 saturated carbocycles. The van der Waals surface area contributed by atoms with Gasteiger partial charge in [0.25, 0.3) is 0 Å². The lowest BCUT2D eigenvalue weighted by molar-refractivity contribution is -0.142. The number of ether oxygens (including phenoxy) is 1. The Kier molecular flexibility index (Phi) is 5.04. The molecule has 1 aliphatic carbocycles. The number of carbonyl (C=O) groups is 1. The second kappa shape index (κ2) is 7.23. The first-order chi connectivity index (χ1) is 12.0. The average molecular weight is 344 g/mol. The standard InChI is InChI=1S/C20H21FO4/c1-12(23)25-11-16-9-19(24)17(20(21)18(16)10-22)8-13-2-4-14(5-3-13)15-6-7-15/h2-5,9,15,22,24H,6-8,10-11H2,1H3. The maximum atomic E-state index is 14.8. The van der Waals surface area contributed by atoms with E-state index in [9.17, 15) is 19.4 Å². The Morgan fingerprint density at radius 2 is 1.92 bits per heavy atom. The summed E-state index contributed by atoms with van der Waals surface area (Å²) in [4.78, 5) is 10.9. The quantitative estimate of drug-likeness (QED) is 0.787. The predicted octanol–water partition coefficient (Wildman–Crippen LogP) is 3.55. The van der Waals surface area contributed by atoms with Gasteiger partial charge in [-0.25, -0.2) is 4.39 Å². The minimum absolute atomic E-state index is 0.0450. The largest absolute Gasteiger partial charge is 0.508 e. The molecule has 0 amide bonds. The van der Waals surface area contributed by atoms with Crippen molar-refractivity contribution in [2.75, 3.05) is 0 Å². The van der Waals surface area contributed by atoms with Crippen LogP contribution < -0.4 is 0 Å². The smallest absolute Gasteiger partial charge is 0.302 e. The van der Waals surface area contributed by atoms with Crippen LogP contribution in [0.25, 0.3) is 0 Å². The van der Waals surface area contributed by atoms with Crippen molar-refractivity contribution in [1.29, 1.82) is 0 Å². The molecule has 0 atom stereocenters. The van der Waals surface area contributed by atoms with Crippen molar-refractivity contribution < 1.29 is 24.1 Å². The third kappa shape index (κ3) is 3.99. The summed E-state index contributed by atoms with van der Waals surface area (Å²) in [6.07, 6.45) is 2.67. The molecule has 3 rings (SSSR count). The minimum atomic E-state index is -0.657. The van der Waals surface area contributed by atoms with Crippen LogP contribution in [0, 0.1) is 5.82 Å². The third-order valence-corrected chi connectivity index (χ3v) is 4.54. The van der Waals surface area contributed by atoms with E-state index in [1.54, 1.807) is 0 Å². The molecular formula is C20H21FO4. The lowest BCUT2D eigenvalue weighted by Crippen LogP contribution is -2.07. The van der Waals surface area contributed by atoms with E-state index >= 15 is 0 Å². The van der Waals surface area contributed by atoms with E-state index in [1.807, 2.05) is 24.3 Å². The van der Waals surface area contributed by atoms with Gasteiger partial charge in [0, 0.05) is 30.0 Å². The first-order valence-corrected chi connectivity index (χ1v) is 8.34. The molecule has 5 heteroatoms. The van der Waals surface area contributed by atoms with Crippen LogP contribution in [0.3, 0.4) is 0 Å². The molecule has 0 aromatic heterocycles. The minimum Gasteiger partial charge on any atom is -0.508 e. The second-order valence-electron chi connectivity index (χ2n) is 6.46. The number of aliphatic hydroxyl groups excluding tert-OH is 1. The molecule has 0 unspecified atom stereocenters. The van der Waals surface area contributed by atoms with E-state index in [1.165, 1.54) is 31.4 Å². The Balaban J connectivity index is 1.86. The number of phenols is 1. The van der Waals surface area contributed by atoms with Crippen molar-refractivity contribution in [3.05, 3.63) is 64.0 Å². The highest BCUT2D eigenvalue weighted by atomic mass is 19.1. The van der Waals surface area contributed by atoms with Gasteiger partial charge in [-0.3, -0.25) is 4.79 Å². The Hall–Kier alpha value is -2.40. The molecule has 0 spiro atoms. The van der Waals surface area contributed by atoms with Crippen LogP contribution in [0.5, 0.6) is 5.75 Å². The number of esters is 1. The highest BCUT2D eigenvalue weighted by Crippen LogP contribution is 2.40. The van der Waals surface area contributed by atoms with Crippen molar-refractivity contribution in [2.24, 2.45) is 0 Å². The van der Waals surface area contributed by atoms with E-state index in [0.717, 1.165) is 5.56 Å². The van der Waals surface area contributed by atoms with Gasteiger partial charge in [-0.05, 0) is 36.0 Å². The van der Waals surface area contributed by atoms with Crippen LogP contribution in [0.2, 0.25) is 0 Å². The van der Waals surface area contributed by atoms with Gasteiger partial charge in [0.05, 0.1) is 6.61 Å². The number of hydrogen-bond donors (Lipinski definition) is 2. The molecule has 132 valence electrons. The second-order valence-corrected chi connectivity index (χ2v) is 6.46. The lowest BCUT2D eigenvalue weighted by Gasteiger charge is -2.15. The van der Waals surface area contributed by atoms with Crippen LogP contribution in [-0.2, 0) is 29.2 Å². The number of benzene rings is 2. The number of carbonyl (C=O) groups excluding carboxylic acids is 1. The van der Waals surface area contributed by atoms with Crippen LogP contribution in [-0.4, -0.2) is 16.2 Å². The Labute approximate surface area is 145 Å². The summed E-state index contributed by atoms with van der Waals surface area (Å²) in [6, 6.07) is 9.33. The van der Waals surface area contributed by atoms with Crippen LogP contribution in [0.1, 0.15) is 53.5 Å². The zero-order valence-corrected chi connectivity index (χ0v) is 14.1. The van der Waals surface area contributed by atoms with Gasteiger partial charge in [-0.2, -0.15) is 0 Å². The average Bonchev–Trinajstić information content (AvgIpc) is 3.42. The molecule has 25 heavy (non-hydrogen) atoms. The summed E-state index contributed by atoms with van der Waals surface area (Å²) >= 11 is 0. The summed E-state index contributed by atoms with van der Waals surface area (Å²) in [5.74, 6) is -0.719. The van der Waals surface area contributed by atoms with E-state index in [0.29, 0.717) is 5.92 Å². The first kappa shape index (κ1) is 17.4. The normalized spacial score (nSPS) is 13.7. The van der Waals surface area contributed by atoms with E-state index in [2.05, 4.69) is 0 Å². The van der Waals surface area contributed by atoms with E-state index in [-0.39, 0.29) is 35.5 Å². The van der Waals surface area contributed by atoms with Crippen molar-refractivity contribution in [2.45, 2.75) is 45.3 Å². The topological polar surface area (TPSA) is 66.8 Å². The number of halogens is 1. The third-order valence-electron chi connectivity index (χ3n) is 4.54. The molecule has 0 saturated heterocycles. The first-order valence-electron chi connectivity index (χ1n) is 8.34. The van der Waals surface area contributed by atoms with Crippen molar-refractivity contribution >= 4 is 5.97 Å². The maximum Gasteiger partial charge on any atom is 0.302 e. The molecule has 2 N–H and O–H groups in total. The number of aliphatic hydroxyl groups is 1. The van der Waals surface area contributed by atoms with Gasteiger partial charge < -0.3 is 14.9 Å². The SMILES string of the molecule is CC(=O)OCc1cc(O)c(Cc2ccc(C3CC3)cc2)c(F)c1CO. The fourth-order valence-corrected chi connectivity index (χ4v) is 2.95. The number of aromatic hydroxyl groups is 1. The summed E-state index contributed by atoms with van der Waals surface area (Å²) < 4.78 is 19.6. The molecule has 0 bridgehead atoms. The Morgan fingerprint density at radius 1 is 1.24 bits per heavy atom. The Morgan fingerprint density at radius 3 is 2.48 bits per heavy atom. The summed E-state index contributed by atoms with van der Waals surface area (Å²) in [6.45, 7) is 0.525. The fraction of sp³-hybridized carbons (Fsp3) is 0.350. The van der Waals surface area contributed by atoms with Gasteiger partial charge in [0.2, 0.25) is 0 Å². The fourth-order valence-electron chi connectivity index (χ4n) is 2.95. The molecule has 0 radical (unpaired) electrons. The molecular weight excluding hydrogens is 323 g/mol. The zero-order valence-electron chi connectivity index (χ0n) is 14.1. The monoisotopic (exact) mass is 344 g/mol. The molecule has 2 aromatic carbocycles. The van der Waals surface area contributed by atoms with E-state index in [4.69, 9.17) is 4.74 Å². The van der Waals surface area contributed by atoms with Crippen LogP contribution in [0.4, 0.5) is 4.39 Å². The number of phenolic OH excluding ortho intramolecular Hbond substituents is 1. The number of rotatable bonds is 6. The van der Waals surface area contributed by atoms with Crippen LogP contribution in [0.15, 0.2) is 30.3 Å². The van der Waals surface area contributed by atoms with Gasteiger partial charge in [0.1, 0.15) is 18.2 Å². The summed E-state index contributed by atoms with van der Waals surface area (Å²) in [5.41, 5.74) is 2.62. The predicted molar refractivity (Wildman–Crippen MR) is 90.7 cm³/mol. The van der Waals surface area contributed by atoms with Crippen molar-refractivity contribution in [1.82, 2.24) is 0 Å². The molecule has 0 aliphatic heterocycles. The zero-order chi connectivity index (χ0) is 18.0. The van der Waals surface area contributed by atoms with E-state index < -0.39 is 18.4 Å². The van der Waals surface area contributed by atoms with Gasteiger partial charge in [-0.15, -0.1) is 0 Å². The van der Waals surface area contributed by atoms with Gasteiger partial charge >= 0.3 is 5.97 Å². The summed E-state index contributed by atoms with van der Waals surface area (Å²) in [5, 5.41) is 19.7. The van der Waals surface area contributed by atoms with Crippen molar-refractivity contribution in [3.8, 4) is 5.75 Å². The van der Waals surface area contributed by atoms with Crippen LogP contribution >= 0.6 is 0 Å². The molecule has 0 heterocycles. The van der Waals surface area contributed by atoms with Gasteiger partial charge in [-0.1, -0.05) is 24.3 Å². The summed E-state index contributed by atoms with van der Waals surface area (Å²) in [7, 11) is 0. The molecule has 2 aromatic rings.